The van der Waals surface area contributed by atoms with Crippen LogP contribution in [0.25, 0.3) is 22.5 Å². The number of H-pyrrole nitrogens is 1. The number of aromatic amines is 1. The summed E-state index contributed by atoms with van der Waals surface area (Å²) >= 11 is 0. The molecule has 0 aliphatic heterocycles. The number of aromatic nitrogens is 3. The van der Waals surface area contributed by atoms with E-state index >= 15 is 0 Å². The van der Waals surface area contributed by atoms with Gasteiger partial charge in [-0.1, -0.05) is 48.9 Å². The molecule has 2 aromatic carbocycles. The third-order valence-corrected chi connectivity index (χ3v) is 5.90. The van der Waals surface area contributed by atoms with Gasteiger partial charge >= 0.3 is 0 Å². The van der Waals surface area contributed by atoms with Gasteiger partial charge in [0.15, 0.2) is 0 Å². The fourth-order valence-corrected chi connectivity index (χ4v) is 3.82. The summed E-state index contributed by atoms with van der Waals surface area (Å²) in [7, 11) is 0. The van der Waals surface area contributed by atoms with E-state index < -0.39 is 11.7 Å². The highest BCUT2D eigenvalue weighted by molar-refractivity contribution is 6.01. The average molecular weight is 459 g/mol. The zero-order chi connectivity index (χ0) is 24.1. The smallest absolute Gasteiger partial charge is 0.252 e. The molecule has 0 fully saturated rings. The van der Waals surface area contributed by atoms with Crippen LogP contribution < -0.4 is 5.32 Å². The van der Waals surface area contributed by atoms with Gasteiger partial charge in [0, 0.05) is 42.1 Å². The summed E-state index contributed by atoms with van der Waals surface area (Å²) in [6.07, 6.45) is 2.13. The maximum Gasteiger partial charge on any atom is 0.252 e. The van der Waals surface area contributed by atoms with Crippen molar-refractivity contribution in [1.82, 2.24) is 20.5 Å². The Kier molecular flexibility index (Phi) is 7.13. The molecule has 0 aliphatic rings. The van der Waals surface area contributed by atoms with E-state index in [2.05, 4.69) is 20.5 Å². The van der Waals surface area contributed by atoms with Crippen molar-refractivity contribution >= 4 is 5.91 Å². The molecule has 174 valence electrons. The normalized spacial score (nSPS) is 12.8. The number of nitrogens with zero attached hydrogens (tertiary/aromatic N) is 2. The number of benzene rings is 2. The third-order valence-electron chi connectivity index (χ3n) is 5.90. The predicted octanol–water partition coefficient (Wildman–Crippen LogP) is 4.56. The van der Waals surface area contributed by atoms with Crippen molar-refractivity contribution < 1.29 is 14.3 Å². The van der Waals surface area contributed by atoms with Crippen molar-refractivity contribution in [2.24, 2.45) is 5.92 Å². The molecule has 4 rings (SSSR count). The van der Waals surface area contributed by atoms with E-state index in [0.717, 1.165) is 16.8 Å². The zero-order valence-corrected chi connectivity index (χ0v) is 19.1. The van der Waals surface area contributed by atoms with Gasteiger partial charge in [-0.25, -0.2) is 4.39 Å². The van der Waals surface area contributed by atoms with Gasteiger partial charge in [0.05, 0.1) is 17.0 Å². The first-order valence-electron chi connectivity index (χ1n) is 11.2. The van der Waals surface area contributed by atoms with Crippen molar-refractivity contribution in [2.45, 2.75) is 26.3 Å². The van der Waals surface area contributed by atoms with Crippen LogP contribution in [0.15, 0.2) is 72.9 Å². The van der Waals surface area contributed by atoms with E-state index in [1.165, 1.54) is 12.1 Å². The van der Waals surface area contributed by atoms with Gasteiger partial charge in [-0.15, -0.1) is 0 Å². The second-order valence-electron chi connectivity index (χ2n) is 8.46. The van der Waals surface area contributed by atoms with E-state index in [9.17, 15) is 14.3 Å². The quantitative estimate of drug-likeness (QED) is 0.361. The molecule has 4 aromatic rings. The lowest BCUT2D eigenvalue weighted by atomic mass is 9.96. The monoisotopic (exact) mass is 458 g/mol. The lowest BCUT2D eigenvalue weighted by Gasteiger charge is -2.24. The number of rotatable bonds is 8. The molecule has 0 bridgehead atoms. The number of hydrogen-bond acceptors (Lipinski definition) is 4. The largest absolute Gasteiger partial charge is 0.396 e. The number of halogens is 1. The molecule has 2 atom stereocenters. The van der Waals surface area contributed by atoms with Crippen LogP contribution in [0.5, 0.6) is 0 Å². The molecule has 0 aliphatic carbocycles. The van der Waals surface area contributed by atoms with Gasteiger partial charge < -0.3 is 10.4 Å². The van der Waals surface area contributed by atoms with Crippen LogP contribution in [0.4, 0.5) is 4.39 Å². The van der Waals surface area contributed by atoms with Crippen LogP contribution in [0.2, 0.25) is 0 Å². The van der Waals surface area contributed by atoms with E-state index in [4.69, 9.17) is 0 Å². The molecular weight excluding hydrogens is 431 g/mol. The van der Waals surface area contributed by atoms with Gasteiger partial charge in [0.1, 0.15) is 5.82 Å². The number of carbonyl (C=O) groups excluding carboxylic acids is 1. The molecule has 0 radical (unpaired) electrons. The fraction of sp³-hybridized carbons (Fsp3) is 0.222. The molecule has 3 N–H and O–H groups in total. The van der Waals surface area contributed by atoms with Crippen LogP contribution in [-0.2, 0) is 6.42 Å². The summed E-state index contributed by atoms with van der Waals surface area (Å²) < 4.78 is 15.0. The third kappa shape index (κ3) is 5.21. The summed E-state index contributed by atoms with van der Waals surface area (Å²) in [6, 6.07) is 19.2. The maximum atomic E-state index is 15.0. The Morgan fingerprint density at radius 1 is 1.12 bits per heavy atom. The molecule has 2 aromatic heterocycles. The van der Waals surface area contributed by atoms with Crippen LogP contribution in [-0.4, -0.2) is 38.8 Å². The number of hydrogen-bond donors (Lipinski definition) is 3. The maximum absolute atomic E-state index is 15.0. The summed E-state index contributed by atoms with van der Waals surface area (Å²) in [5.41, 5.74) is 4.23. The minimum absolute atomic E-state index is 0.103. The predicted molar refractivity (Wildman–Crippen MR) is 130 cm³/mol. The lowest BCUT2D eigenvalue weighted by Crippen LogP contribution is -2.42. The van der Waals surface area contributed by atoms with Gasteiger partial charge in [-0.2, -0.15) is 5.10 Å². The number of nitrogens with one attached hydrogen (secondary N) is 2. The average Bonchev–Trinajstić information content (AvgIpc) is 3.33. The molecule has 0 saturated heterocycles. The van der Waals surface area contributed by atoms with E-state index in [0.29, 0.717) is 17.8 Å². The summed E-state index contributed by atoms with van der Waals surface area (Å²) in [6.45, 7) is 3.75. The molecule has 1 amide bonds. The molecule has 7 heteroatoms. The van der Waals surface area contributed by atoms with Gasteiger partial charge in [-0.3, -0.25) is 14.9 Å². The number of amides is 1. The first-order chi connectivity index (χ1) is 16.5. The number of carbonyl (C=O) groups is 1. The zero-order valence-electron chi connectivity index (χ0n) is 19.1. The van der Waals surface area contributed by atoms with Gasteiger partial charge in [-0.05, 0) is 43.2 Å². The van der Waals surface area contributed by atoms with Gasteiger partial charge in [0.25, 0.3) is 5.91 Å². The van der Waals surface area contributed by atoms with Crippen molar-refractivity contribution in [1.29, 1.82) is 0 Å². The minimum Gasteiger partial charge on any atom is -0.396 e. The van der Waals surface area contributed by atoms with Crippen molar-refractivity contribution in [3.63, 3.8) is 0 Å². The standard InChI is InChI=1S/C27H27FN4O2/c1-17-9-11-19(12-10-17)24-15-25(32-31-24)26-21(7-5-8-22(26)28)27(34)30-23(18(2)16-33)14-20-6-3-4-13-29-20/h3-13,15,18,23,33H,14,16H2,1-2H3,(H,30,34)(H,31,32)/t18?,23-/m1/s1. The number of aryl methyl sites for hydroxylation is 1. The SMILES string of the molecule is Cc1ccc(-c2cc(-c3c(F)cccc3C(=O)N[C@H](Cc3ccccn3)C(C)CO)[nH]n2)cc1. The van der Waals surface area contributed by atoms with Crippen LogP contribution in [0.1, 0.15) is 28.5 Å². The van der Waals surface area contributed by atoms with Gasteiger partial charge in [0.2, 0.25) is 0 Å². The Morgan fingerprint density at radius 2 is 1.91 bits per heavy atom. The minimum atomic E-state index is -0.525. The Labute approximate surface area is 197 Å². The molecular formula is C27H27FN4O2. The number of aliphatic hydroxyl groups is 1. The Balaban J connectivity index is 1.63. The Bertz CT molecular complexity index is 1260. The van der Waals surface area contributed by atoms with E-state index in [1.54, 1.807) is 18.3 Å². The molecule has 0 spiro atoms. The summed E-state index contributed by atoms with van der Waals surface area (Å²) in [4.78, 5) is 17.6. The molecule has 2 heterocycles. The second-order valence-corrected chi connectivity index (χ2v) is 8.46. The highest BCUT2D eigenvalue weighted by atomic mass is 19.1. The first kappa shape index (κ1) is 23.3. The van der Waals surface area contributed by atoms with Crippen LogP contribution in [0.3, 0.4) is 0 Å². The highest BCUT2D eigenvalue weighted by Gasteiger charge is 2.24. The number of aliphatic hydroxyl groups excluding tert-OH is 1. The van der Waals surface area contributed by atoms with E-state index in [1.807, 2.05) is 56.3 Å². The topological polar surface area (TPSA) is 90.9 Å². The number of pyridine rings is 1. The van der Waals surface area contributed by atoms with Crippen LogP contribution >= 0.6 is 0 Å². The Morgan fingerprint density at radius 3 is 2.62 bits per heavy atom. The lowest BCUT2D eigenvalue weighted by molar-refractivity contribution is 0.0909. The molecule has 1 unspecified atom stereocenters. The van der Waals surface area contributed by atoms with Crippen LogP contribution in [0, 0.1) is 18.7 Å². The summed E-state index contributed by atoms with van der Waals surface area (Å²) in [5.74, 6) is -1.17. The van der Waals surface area contributed by atoms with E-state index in [-0.39, 0.29) is 29.7 Å². The Hall–Kier alpha value is -3.84. The molecule has 0 saturated carbocycles. The molecule has 34 heavy (non-hydrogen) atoms. The van der Waals surface area contributed by atoms with Crippen molar-refractivity contribution in [2.75, 3.05) is 6.61 Å². The summed E-state index contributed by atoms with van der Waals surface area (Å²) in [5, 5.41) is 19.9. The van der Waals surface area contributed by atoms with Crippen molar-refractivity contribution in [3.05, 3.63) is 95.6 Å². The first-order valence-corrected chi connectivity index (χ1v) is 11.2. The highest BCUT2D eigenvalue weighted by Crippen LogP contribution is 2.29. The fourth-order valence-electron chi connectivity index (χ4n) is 3.82. The van der Waals surface area contributed by atoms with Crippen molar-refractivity contribution in [3.8, 4) is 22.5 Å². The molecule has 6 nitrogen and oxygen atoms in total. The second kappa shape index (κ2) is 10.4.